The van der Waals surface area contributed by atoms with Crippen molar-refractivity contribution in [1.82, 2.24) is 0 Å². The van der Waals surface area contributed by atoms with E-state index >= 15 is 0 Å². The van der Waals surface area contributed by atoms with Gasteiger partial charge in [-0.25, -0.2) is 0 Å². The molecule has 0 aliphatic carbocycles. The predicted molar refractivity (Wildman–Crippen MR) is 90.3 cm³/mol. The van der Waals surface area contributed by atoms with Gasteiger partial charge in [0.05, 0.1) is 5.70 Å². The monoisotopic (exact) mass is 269 g/mol. The van der Waals surface area contributed by atoms with Crippen molar-refractivity contribution in [2.24, 2.45) is 4.99 Å². The Hall–Kier alpha value is -1.22. The van der Waals surface area contributed by atoms with E-state index in [1.807, 2.05) is 25.6 Å². The van der Waals surface area contributed by atoms with Gasteiger partial charge in [-0.3, -0.25) is 4.99 Å². The molecule has 1 aliphatic rings. The topological polar surface area (TPSA) is 12.4 Å². The third-order valence-corrected chi connectivity index (χ3v) is 4.20. The molecule has 2 rings (SSSR count). The minimum Gasteiger partial charge on any atom is -0.259 e. The largest absolute Gasteiger partial charge is 0.259 e. The highest BCUT2D eigenvalue weighted by molar-refractivity contribution is 7.98. The van der Waals surface area contributed by atoms with Gasteiger partial charge in [0.15, 0.2) is 7.28 Å². The Morgan fingerprint density at radius 2 is 2.05 bits per heavy atom. The van der Waals surface area contributed by atoms with Gasteiger partial charge in [-0.15, -0.1) is 11.8 Å². The second-order valence-electron chi connectivity index (χ2n) is 5.06. The van der Waals surface area contributed by atoms with Gasteiger partial charge in [-0.2, -0.15) is 0 Å². The van der Waals surface area contributed by atoms with Crippen LogP contribution in [0.4, 0.5) is 0 Å². The summed E-state index contributed by atoms with van der Waals surface area (Å²) >= 11 is 1.82. The highest BCUT2D eigenvalue weighted by Crippen LogP contribution is 2.28. The van der Waals surface area contributed by atoms with Crippen LogP contribution in [0, 0.1) is 6.92 Å². The van der Waals surface area contributed by atoms with E-state index in [2.05, 4.69) is 49.4 Å². The number of allylic oxidation sites excluding steroid dienone is 2. The molecule has 0 atom stereocenters. The number of hydrogen-bond acceptors (Lipinski definition) is 2. The van der Waals surface area contributed by atoms with E-state index in [4.69, 9.17) is 0 Å². The van der Waals surface area contributed by atoms with Crippen LogP contribution in [0.5, 0.6) is 0 Å². The van der Waals surface area contributed by atoms with Gasteiger partial charge in [0, 0.05) is 10.6 Å². The Morgan fingerprint density at radius 3 is 2.63 bits per heavy atom. The van der Waals surface area contributed by atoms with E-state index in [0.717, 1.165) is 18.7 Å². The lowest BCUT2D eigenvalue weighted by Crippen LogP contribution is -2.18. The number of aliphatic imine (C=N–C) groups is 1. The van der Waals surface area contributed by atoms with Crippen molar-refractivity contribution in [2.75, 3.05) is 6.26 Å². The van der Waals surface area contributed by atoms with Gasteiger partial charge in [-0.1, -0.05) is 34.7 Å². The summed E-state index contributed by atoms with van der Waals surface area (Å²) in [6, 6.07) is 4.45. The lowest BCUT2D eigenvalue weighted by atomic mass is 9.64. The van der Waals surface area contributed by atoms with Crippen molar-refractivity contribution < 1.29 is 0 Å². The average molecular weight is 269 g/mol. The summed E-state index contributed by atoms with van der Waals surface area (Å²) in [6.07, 6.45) is 6.57. The van der Waals surface area contributed by atoms with Crippen LogP contribution in [0.1, 0.15) is 31.9 Å². The summed E-state index contributed by atoms with van der Waals surface area (Å²) in [7, 11) is 1.01. The maximum Gasteiger partial charge on any atom is 0.196 e. The molecule has 1 aromatic rings. The molecule has 0 aromatic heterocycles. The first kappa shape index (κ1) is 14.2. The predicted octanol–water partition coefficient (Wildman–Crippen LogP) is 3.52. The van der Waals surface area contributed by atoms with Gasteiger partial charge in [0.1, 0.15) is 0 Å². The number of nitrogens with zero attached hydrogens (tertiary/aromatic N) is 1. The van der Waals surface area contributed by atoms with Crippen LogP contribution in [0.25, 0.3) is 6.08 Å². The molecular weight excluding hydrogens is 249 g/mol. The zero-order chi connectivity index (χ0) is 14.0. The molecule has 0 bridgehead atoms. The number of thioether (sulfide) groups is 1. The zero-order valence-corrected chi connectivity index (χ0v) is 13.2. The minimum absolute atomic E-state index is 1.01. The van der Waals surface area contributed by atoms with Crippen molar-refractivity contribution in [3.8, 4) is 0 Å². The maximum absolute atomic E-state index is 4.65. The second kappa shape index (κ2) is 5.83. The Morgan fingerprint density at radius 1 is 1.32 bits per heavy atom. The first-order valence-electron chi connectivity index (χ1n) is 6.62. The second-order valence-corrected chi connectivity index (χ2v) is 5.90. The van der Waals surface area contributed by atoms with Crippen molar-refractivity contribution in [2.45, 2.75) is 32.6 Å². The van der Waals surface area contributed by atoms with E-state index in [-0.39, 0.29) is 0 Å². The summed E-state index contributed by atoms with van der Waals surface area (Å²) in [5.74, 6) is 0. The number of fused-ring (bicyclic) bond motifs is 1. The van der Waals surface area contributed by atoms with Gasteiger partial charge < -0.3 is 0 Å². The van der Waals surface area contributed by atoms with Crippen LogP contribution in [0.15, 0.2) is 39.3 Å². The summed E-state index contributed by atoms with van der Waals surface area (Å²) in [5.41, 5.74) is 7.79. The Balaban J connectivity index is 2.46. The fourth-order valence-corrected chi connectivity index (χ4v) is 3.07. The first-order chi connectivity index (χ1) is 9.06. The van der Waals surface area contributed by atoms with Crippen LogP contribution in [-0.4, -0.2) is 19.2 Å². The molecule has 19 heavy (non-hydrogen) atoms. The molecule has 0 saturated heterocycles. The summed E-state index contributed by atoms with van der Waals surface area (Å²) in [4.78, 5) is 6.01. The average Bonchev–Trinajstić information content (AvgIpc) is 2.82. The van der Waals surface area contributed by atoms with E-state index in [1.165, 1.54) is 27.0 Å². The number of hydrogen-bond donors (Lipinski definition) is 0. The number of aryl methyl sites for hydroxylation is 1. The van der Waals surface area contributed by atoms with Gasteiger partial charge in [0.25, 0.3) is 0 Å². The highest BCUT2D eigenvalue weighted by Gasteiger charge is 2.20. The SMILES string of the molecule is C/C=C(\N=C(C)C)C1=Cc2c(SC)ccc(C)c2B1. The lowest BCUT2D eigenvalue weighted by Gasteiger charge is -2.07. The zero-order valence-electron chi connectivity index (χ0n) is 12.4. The highest BCUT2D eigenvalue weighted by atomic mass is 32.2. The van der Waals surface area contributed by atoms with Crippen molar-refractivity contribution in [3.05, 3.63) is 40.5 Å². The quantitative estimate of drug-likeness (QED) is 0.464. The fourth-order valence-electron chi connectivity index (χ4n) is 2.47. The molecule has 1 nitrogen and oxygen atoms in total. The fraction of sp³-hybridized carbons (Fsp3) is 0.312. The summed E-state index contributed by atoms with van der Waals surface area (Å²) < 4.78 is 0. The molecule has 1 aromatic carbocycles. The van der Waals surface area contributed by atoms with Crippen molar-refractivity contribution in [3.63, 3.8) is 0 Å². The van der Waals surface area contributed by atoms with Crippen LogP contribution in [0.3, 0.4) is 0 Å². The van der Waals surface area contributed by atoms with Crippen LogP contribution < -0.4 is 5.46 Å². The molecular formula is C16H20BNS. The van der Waals surface area contributed by atoms with E-state index in [0.29, 0.717) is 0 Å². The molecule has 1 aliphatic heterocycles. The minimum atomic E-state index is 1.01. The molecule has 0 saturated carbocycles. The molecule has 1 heterocycles. The molecule has 98 valence electrons. The molecule has 0 N–H and O–H groups in total. The van der Waals surface area contributed by atoms with E-state index in [9.17, 15) is 0 Å². The lowest BCUT2D eigenvalue weighted by molar-refractivity contribution is 1.34. The van der Waals surface area contributed by atoms with Crippen molar-refractivity contribution in [1.29, 1.82) is 0 Å². The summed E-state index contributed by atoms with van der Waals surface area (Å²) in [5, 5.41) is 0. The smallest absolute Gasteiger partial charge is 0.196 e. The van der Waals surface area contributed by atoms with Crippen LogP contribution >= 0.6 is 11.8 Å². The third-order valence-electron chi connectivity index (χ3n) is 3.40. The normalized spacial score (nSPS) is 13.7. The standard InChI is InChI=1S/C16H20BNS/c1-6-14(18-10(2)3)13-9-12-15(19-5)8-7-11(4)16(12)17-13/h6-9,17H,1-5H3/b14-6-. The number of benzene rings is 1. The van der Waals surface area contributed by atoms with Gasteiger partial charge in [-0.05, 0) is 45.6 Å². The molecule has 0 amide bonds. The Bertz CT molecular complexity index is 593. The Labute approximate surface area is 121 Å². The summed E-state index contributed by atoms with van der Waals surface area (Å²) in [6.45, 7) is 8.35. The Kier molecular flexibility index (Phi) is 4.36. The maximum atomic E-state index is 4.65. The first-order valence-corrected chi connectivity index (χ1v) is 7.85. The van der Waals surface area contributed by atoms with Crippen LogP contribution in [-0.2, 0) is 0 Å². The molecule has 0 radical (unpaired) electrons. The molecule has 0 spiro atoms. The van der Waals surface area contributed by atoms with E-state index < -0.39 is 0 Å². The van der Waals surface area contributed by atoms with Gasteiger partial charge in [0.2, 0.25) is 0 Å². The number of rotatable bonds is 3. The third kappa shape index (κ3) is 2.87. The van der Waals surface area contributed by atoms with E-state index in [1.54, 1.807) is 0 Å². The molecule has 0 fully saturated rings. The molecule has 3 heteroatoms. The van der Waals surface area contributed by atoms with Crippen molar-refractivity contribution >= 4 is 36.3 Å². The van der Waals surface area contributed by atoms with Crippen LogP contribution in [0.2, 0.25) is 0 Å². The molecule has 0 unspecified atom stereocenters. The van der Waals surface area contributed by atoms with Gasteiger partial charge >= 0.3 is 0 Å².